The van der Waals surface area contributed by atoms with E-state index in [1.54, 1.807) is 17.0 Å². The Bertz CT molecular complexity index is 1050. The second-order valence-corrected chi connectivity index (χ2v) is 8.49. The van der Waals surface area contributed by atoms with Crippen molar-refractivity contribution >= 4 is 45.6 Å². The molecule has 1 aromatic heterocycles. The topological polar surface area (TPSA) is 75.2 Å². The predicted octanol–water partition coefficient (Wildman–Crippen LogP) is 4.20. The summed E-state index contributed by atoms with van der Waals surface area (Å²) in [5.74, 6) is -0.120. The molecule has 1 atom stereocenters. The number of nitrogens with zero attached hydrogens (tertiary/aromatic N) is 3. The Morgan fingerprint density at radius 3 is 2.79 bits per heavy atom. The maximum Gasteiger partial charge on any atom is 0.230 e. The summed E-state index contributed by atoms with van der Waals surface area (Å²) in [4.78, 5) is 26.5. The van der Waals surface area contributed by atoms with Crippen LogP contribution >= 0.6 is 22.9 Å². The van der Waals surface area contributed by atoms with Gasteiger partial charge in [0.2, 0.25) is 16.9 Å². The first-order chi connectivity index (χ1) is 14.0. The van der Waals surface area contributed by atoms with E-state index in [1.807, 2.05) is 43.3 Å². The standard InChI is InChI=1S/C21H19ClN4O2S/c1-13-3-2-4-17(9-13)26-12-15(11-19(26)28)20-24-25-21(29-20)23-18(27)10-14-5-7-16(22)8-6-14/h2-9,15H,10-12H2,1H3,(H,23,25,27). The SMILES string of the molecule is Cc1cccc(N2CC(c3nnc(NC(=O)Cc4ccc(Cl)cc4)s3)CC2=O)c1. The minimum atomic E-state index is -0.168. The van der Waals surface area contributed by atoms with Crippen LogP contribution in [0, 0.1) is 6.92 Å². The fourth-order valence-electron chi connectivity index (χ4n) is 3.32. The minimum Gasteiger partial charge on any atom is -0.312 e. The number of amides is 2. The molecule has 1 unspecified atom stereocenters. The number of rotatable bonds is 5. The minimum absolute atomic E-state index is 0.0255. The third kappa shape index (κ3) is 4.63. The van der Waals surface area contributed by atoms with Crippen LogP contribution in [0.25, 0.3) is 0 Å². The van der Waals surface area contributed by atoms with Crippen molar-refractivity contribution in [2.45, 2.75) is 25.7 Å². The van der Waals surface area contributed by atoms with Gasteiger partial charge in [0, 0.05) is 29.6 Å². The molecule has 1 saturated heterocycles. The highest BCUT2D eigenvalue weighted by molar-refractivity contribution is 7.15. The molecule has 1 N–H and O–H groups in total. The number of nitrogens with one attached hydrogen (secondary N) is 1. The van der Waals surface area contributed by atoms with Crippen molar-refractivity contribution in [3.05, 3.63) is 69.7 Å². The summed E-state index contributed by atoms with van der Waals surface area (Å²) < 4.78 is 0. The highest BCUT2D eigenvalue weighted by Gasteiger charge is 2.34. The number of carbonyl (C=O) groups excluding carboxylic acids is 2. The number of aryl methyl sites for hydroxylation is 1. The van der Waals surface area contributed by atoms with Gasteiger partial charge in [0.15, 0.2) is 0 Å². The van der Waals surface area contributed by atoms with E-state index in [9.17, 15) is 9.59 Å². The van der Waals surface area contributed by atoms with Gasteiger partial charge in [0.25, 0.3) is 0 Å². The molecule has 148 valence electrons. The van der Waals surface area contributed by atoms with Gasteiger partial charge in [0.1, 0.15) is 5.01 Å². The maximum absolute atomic E-state index is 12.5. The summed E-state index contributed by atoms with van der Waals surface area (Å²) in [6.07, 6.45) is 0.621. The summed E-state index contributed by atoms with van der Waals surface area (Å²) >= 11 is 7.19. The zero-order chi connectivity index (χ0) is 20.4. The molecule has 0 radical (unpaired) electrons. The molecule has 0 spiro atoms. The Morgan fingerprint density at radius 2 is 2.03 bits per heavy atom. The van der Waals surface area contributed by atoms with Crippen LogP contribution in [-0.2, 0) is 16.0 Å². The largest absolute Gasteiger partial charge is 0.312 e. The van der Waals surface area contributed by atoms with E-state index < -0.39 is 0 Å². The first kappa shape index (κ1) is 19.5. The van der Waals surface area contributed by atoms with Crippen molar-refractivity contribution in [2.75, 3.05) is 16.8 Å². The first-order valence-corrected chi connectivity index (χ1v) is 10.4. The molecule has 4 rings (SSSR count). The lowest BCUT2D eigenvalue weighted by Crippen LogP contribution is -2.24. The molecular formula is C21H19ClN4O2S. The molecule has 1 aliphatic rings. The number of aromatic nitrogens is 2. The number of carbonyl (C=O) groups is 2. The number of hydrogen-bond acceptors (Lipinski definition) is 5. The number of benzene rings is 2. The zero-order valence-corrected chi connectivity index (χ0v) is 17.3. The summed E-state index contributed by atoms with van der Waals surface area (Å²) in [6, 6.07) is 15.0. The Balaban J connectivity index is 1.39. The molecule has 8 heteroatoms. The van der Waals surface area contributed by atoms with Gasteiger partial charge in [-0.15, -0.1) is 10.2 Å². The van der Waals surface area contributed by atoms with Crippen molar-refractivity contribution < 1.29 is 9.59 Å². The lowest BCUT2D eigenvalue weighted by molar-refractivity contribution is -0.117. The summed E-state index contributed by atoms with van der Waals surface area (Å²) in [6.45, 7) is 2.57. The van der Waals surface area contributed by atoms with E-state index in [0.29, 0.717) is 23.1 Å². The van der Waals surface area contributed by atoms with E-state index in [4.69, 9.17) is 11.6 Å². The fourth-order valence-corrected chi connectivity index (χ4v) is 4.30. The molecule has 0 saturated carbocycles. The molecule has 0 bridgehead atoms. The number of anilines is 2. The molecule has 6 nitrogen and oxygen atoms in total. The van der Waals surface area contributed by atoms with E-state index >= 15 is 0 Å². The quantitative estimate of drug-likeness (QED) is 0.663. The van der Waals surface area contributed by atoms with Crippen molar-refractivity contribution in [2.24, 2.45) is 0 Å². The Kier molecular flexibility index (Phi) is 5.60. The Labute approximate surface area is 177 Å². The highest BCUT2D eigenvalue weighted by atomic mass is 35.5. The third-order valence-corrected chi connectivity index (χ3v) is 6.01. The van der Waals surface area contributed by atoms with Gasteiger partial charge in [0.05, 0.1) is 6.42 Å². The second-order valence-electron chi connectivity index (χ2n) is 7.04. The van der Waals surface area contributed by atoms with Gasteiger partial charge in [-0.2, -0.15) is 0 Å². The molecule has 2 amide bonds. The van der Waals surface area contributed by atoms with Crippen LogP contribution in [0.2, 0.25) is 5.02 Å². The van der Waals surface area contributed by atoms with E-state index in [-0.39, 0.29) is 24.2 Å². The van der Waals surface area contributed by atoms with Gasteiger partial charge in [-0.1, -0.05) is 47.2 Å². The molecule has 3 aromatic rings. The van der Waals surface area contributed by atoms with E-state index in [2.05, 4.69) is 15.5 Å². The summed E-state index contributed by atoms with van der Waals surface area (Å²) in [7, 11) is 0. The predicted molar refractivity (Wildman–Crippen MR) is 115 cm³/mol. The maximum atomic E-state index is 12.5. The van der Waals surface area contributed by atoms with Crippen LogP contribution in [0.3, 0.4) is 0 Å². The smallest absolute Gasteiger partial charge is 0.230 e. The summed E-state index contributed by atoms with van der Waals surface area (Å²) in [5.41, 5.74) is 2.88. The van der Waals surface area contributed by atoms with Gasteiger partial charge in [-0.05, 0) is 42.3 Å². The van der Waals surface area contributed by atoms with Crippen LogP contribution in [0.5, 0.6) is 0 Å². The van der Waals surface area contributed by atoms with Crippen molar-refractivity contribution in [1.82, 2.24) is 10.2 Å². The van der Waals surface area contributed by atoms with Crippen LogP contribution in [-0.4, -0.2) is 28.6 Å². The number of halogens is 1. The van der Waals surface area contributed by atoms with Gasteiger partial charge >= 0.3 is 0 Å². The van der Waals surface area contributed by atoms with Gasteiger partial charge < -0.3 is 10.2 Å². The van der Waals surface area contributed by atoms with Crippen molar-refractivity contribution in [3.8, 4) is 0 Å². The van der Waals surface area contributed by atoms with Gasteiger partial charge in [-0.25, -0.2) is 0 Å². The Morgan fingerprint density at radius 1 is 1.24 bits per heavy atom. The lowest BCUT2D eigenvalue weighted by atomic mass is 10.1. The average Bonchev–Trinajstić information content (AvgIpc) is 3.30. The number of hydrogen-bond donors (Lipinski definition) is 1. The molecule has 2 heterocycles. The third-order valence-electron chi connectivity index (χ3n) is 4.75. The van der Waals surface area contributed by atoms with Crippen molar-refractivity contribution in [1.29, 1.82) is 0 Å². The fraction of sp³-hybridized carbons (Fsp3) is 0.238. The molecule has 29 heavy (non-hydrogen) atoms. The molecular weight excluding hydrogens is 408 g/mol. The van der Waals surface area contributed by atoms with Crippen LogP contribution in [0.1, 0.15) is 28.5 Å². The normalized spacial score (nSPS) is 16.3. The molecule has 0 aliphatic carbocycles. The lowest BCUT2D eigenvalue weighted by Gasteiger charge is -2.16. The molecule has 1 fully saturated rings. The molecule has 2 aromatic carbocycles. The Hall–Kier alpha value is -2.77. The van der Waals surface area contributed by atoms with Crippen LogP contribution in [0.15, 0.2) is 48.5 Å². The van der Waals surface area contributed by atoms with Crippen LogP contribution < -0.4 is 10.2 Å². The second kappa shape index (κ2) is 8.31. The molecule has 1 aliphatic heterocycles. The monoisotopic (exact) mass is 426 g/mol. The van der Waals surface area contributed by atoms with E-state index in [1.165, 1.54) is 11.3 Å². The first-order valence-electron chi connectivity index (χ1n) is 9.22. The average molecular weight is 427 g/mol. The van der Waals surface area contributed by atoms with Crippen molar-refractivity contribution in [3.63, 3.8) is 0 Å². The van der Waals surface area contributed by atoms with Gasteiger partial charge in [-0.3, -0.25) is 9.59 Å². The highest BCUT2D eigenvalue weighted by Crippen LogP contribution is 2.34. The summed E-state index contributed by atoms with van der Waals surface area (Å²) in [5, 5.41) is 12.9. The zero-order valence-electron chi connectivity index (χ0n) is 15.8. The van der Waals surface area contributed by atoms with E-state index in [0.717, 1.165) is 21.8 Å². The van der Waals surface area contributed by atoms with Crippen LogP contribution in [0.4, 0.5) is 10.8 Å².